The van der Waals surface area contributed by atoms with Crippen molar-refractivity contribution in [2.45, 2.75) is 39.3 Å². The van der Waals surface area contributed by atoms with Gasteiger partial charge in [0.1, 0.15) is 18.0 Å². The number of fused-ring (bicyclic) bond motifs is 1. The molecule has 1 heterocycles. The van der Waals surface area contributed by atoms with E-state index in [1.165, 1.54) is 0 Å². The monoisotopic (exact) mass is 263 g/mol. The van der Waals surface area contributed by atoms with Crippen LogP contribution in [0.25, 0.3) is 0 Å². The molecule has 19 heavy (non-hydrogen) atoms. The largest absolute Gasteiger partial charge is 0.491 e. The van der Waals surface area contributed by atoms with Gasteiger partial charge in [0.15, 0.2) is 0 Å². The fourth-order valence-corrected chi connectivity index (χ4v) is 2.08. The molecule has 4 heteroatoms. The quantitative estimate of drug-likeness (QED) is 0.780. The number of amides is 1. The smallest absolute Gasteiger partial charge is 0.410 e. The Balaban J connectivity index is 2.15. The average Bonchev–Trinajstić information content (AvgIpc) is 2.68. The topological polar surface area (TPSA) is 38.8 Å². The number of nitrogens with zero attached hydrogens (tertiary/aromatic N) is 1. The van der Waals surface area contributed by atoms with E-state index in [0.717, 1.165) is 16.9 Å². The standard InChI is InChI=1S/C15H21NO3/c1-10-6-7-11-12(9-18-13(11)8-10)16(5)14(17)19-15(2,3)4/h6-8,12H,9H2,1-5H3/t12-/m1/s1. The summed E-state index contributed by atoms with van der Waals surface area (Å²) in [5.74, 6) is 0.861. The third-order valence-electron chi connectivity index (χ3n) is 3.07. The van der Waals surface area contributed by atoms with E-state index in [1.807, 2.05) is 45.9 Å². The minimum Gasteiger partial charge on any atom is -0.491 e. The Morgan fingerprint density at radius 2 is 2.11 bits per heavy atom. The summed E-state index contributed by atoms with van der Waals surface area (Å²) >= 11 is 0. The third-order valence-corrected chi connectivity index (χ3v) is 3.07. The van der Waals surface area contributed by atoms with Crippen LogP contribution in [0.5, 0.6) is 5.75 Å². The molecule has 1 aromatic carbocycles. The summed E-state index contributed by atoms with van der Waals surface area (Å²) in [6.07, 6.45) is -0.325. The van der Waals surface area contributed by atoms with Crippen molar-refractivity contribution in [3.8, 4) is 5.75 Å². The van der Waals surface area contributed by atoms with Gasteiger partial charge in [0.05, 0.1) is 6.04 Å². The van der Waals surface area contributed by atoms with Crippen LogP contribution in [0.3, 0.4) is 0 Å². The van der Waals surface area contributed by atoms with Gasteiger partial charge in [-0.2, -0.15) is 0 Å². The Bertz CT molecular complexity index is 491. The van der Waals surface area contributed by atoms with Crippen LogP contribution in [0.2, 0.25) is 0 Å². The van der Waals surface area contributed by atoms with Crippen molar-refractivity contribution in [2.75, 3.05) is 13.7 Å². The summed E-state index contributed by atoms with van der Waals surface area (Å²) in [4.78, 5) is 13.7. The number of ether oxygens (including phenoxy) is 2. The molecule has 0 unspecified atom stereocenters. The molecule has 0 aromatic heterocycles. The molecule has 1 aliphatic heterocycles. The number of rotatable bonds is 1. The number of benzene rings is 1. The van der Waals surface area contributed by atoms with Crippen molar-refractivity contribution in [3.63, 3.8) is 0 Å². The highest BCUT2D eigenvalue weighted by atomic mass is 16.6. The molecule has 0 saturated carbocycles. The molecule has 1 aromatic rings. The zero-order chi connectivity index (χ0) is 14.2. The maximum absolute atomic E-state index is 12.1. The molecular formula is C15H21NO3. The van der Waals surface area contributed by atoms with Gasteiger partial charge in [0, 0.05) is 12.6 Å². The van der Waals surface area contributed by atoms with Crippen LogP contribution in [0.4, 0.5) is 4.79 Å². The number of likely N-dealkylation sites (N-methyl/N-ethyl adjacent to an activating group) is 1. The minimum absolute atomic E-state index is 0.0783. The van der Waals surface area contributed by atoms with Gasteiger partial charge < -0.3 is 14.4 Å². The predicted molar refractivity (Wildman–Crippen MR) is 73.4 cm³/mol. The van der Waals surface area contributed by atoms with Crippen LogP contribution < -0.4 is 4.74 Å². The van der Waals surface area contributed by atoms with Crippen LogP contribution in [-0.4, -0.2) is 30.2 Å². The Kier molecular flexibility index (Phi) is 3.43. The van der Waals surface area contributed by atoms with Gasteiger partial charge in [-0.05, 0) is 39.3 Å². The lowest BCUT2D eigenvalue weighted by molar-refractivity contribution is 0.0201. The molecule has 0 bridgehead atoms. The first-order chi connectivity index (χ1) is 8.78. The van der Waals surface area contributed by atoms with Gasteiger partial charge in [-0.25, -0.2) is 4.79 Å². The number of aryl methyl sites for hydroxylation is 1. The zero-order valence-corrected chi connectivity index (χ0v) is 12.2. The van der Waals surface area contributed by atoms with E-state index in [9.17, 15) is 4.79 Å². The second-order valence-electron chi connectivity index (χ2n) is 5.96. The van der Waals surface area contributed by atoms with Crippen LogP contribution in [0.1, 0.15) is 37.9 Å². The lowest BCUT2D eigenvalue weighted by atomic mass is 10.1. The van der Waals surface area contributed by atoms with E-state index >= 15 is 0 Å². The lowest BCUT2D eigenvalue weighted by Gasteiger charge is -2.28. The second kappa shape index (κ2) is 4.76. The molecule has 0 N–H and O–H groups in total. The van der Waals surface area contributed by atoms with Crippen molar-refractivity contribution < 1.29 is 14.3 Å². The normalized spacial score (nSPS) is 17.6. The SMILES string of the molecule is Cc1ccc2c(c1)OC[C@H]2N(C)C(=O)OC(C)(C)C. The molecular weight excluding hydrogens is 242 g/mol. The van der Waals surface area contributed by atoms with E-state index in [2.05, 4.69) is 0 Å². The Morgan fingerprint density at radius 3 is 2.74 bits per heavy atom. The molecule has 0 saturated heterocycles. The van der Waals surface area contributed by atoms with E-state index < -0.39 is 5.60 Å². The summed E-state index contributed by atoms with van der Waals surface area (Å²) in [6.45, 7) is 8.09. The first-order valence-electron chi connectivity index (χ1n) is 6.47. The van der Waals surface area contributed by atoms with Crippen molar-refractivity contribution in [3.05, 3.63) is 29.3 Å². The first kappa shape index (κ1) is 13.7. The molecule has 1 atom stereocenters. The van der Waals surface area contributed by atoms with Crippen molar-refractivity contribution in [1.82, 2.24) is 4.90 Å². The number of carbonyl (C=O) groups is 1. The van der Waals surface area contributed by atoms with E-state index in [0.29, 0.717) is 6.61 Å². The minimum atomic E-state index is -0.485. The third kappa shape index (κ3) is 3.00. The molecule has 0 radical (unpaired) electrons. The molecule has 2 rings (SSSR count). The zero-order valence-electron chi connectivity index (χ0n) is 12.2. The average molecular weight is 263 g/mol. The highest BCUT2D eigenvalue weighted by molar-refractivity contribution is 5.69. The first-order valence-corrected chi connectivity index (χ1v) is 6.47. The highest BCUT2D eigenvalue weighted by Crippen LogP contribution is 2.36. The van der Waals surface area contributed by atoms with Crippen molar-refractivity contribution >= 4 is 6.09 Å². The maximum Gasteiger partial charge on any atom is 0.410 e. The summed E-state index contributed by atoms with van der Waals surface area (Å²) in [7, 11) is 1.75. The van der Waals surface area contributed by atoms with Crippen LogP contribution >= 0.6 is 0 Å². The molecule has 4 nitrogen and oxygen atoms in total. The summed E-state index contributed by atoms with van der Waals surface area (Å²) in [5.41, 5.74) is 1.71. The van der Waals surface area contributed by atoms with Gasteiger partial charge >= 0.3 is 6.09 Å². The van der Waals surface area contributed by atoms with Crippen LogP contribution in [-0.2, 0) is 4.74 Å². The molecule has 0 fully saturated rings. The highest BCUT2D eigenvalue weighted by Gasteiger charge is 2.32. The van der Waals surface area contributed by atoms with Crippen molar-refractivity contribution in [1.29, 1.82) is 0 Å². The molecule has 1 amide bonds. The Labute approximate surface area is 114 Å². The number of carbonyl (C=O) groups excluding carboxylic acids is 1. The van der Waals surface area contributed by atoms with E-state index in [1.54, 1.807) is 11.9 Å². The summed E-state index contributed by atoms with van der Waals surface area (Å²) in [6, 6.07) is 5.97. The predicted octanol–water partition coefficient (Wildman–Crippen LogP) is 3.30. The van der Waals surface area contributed by atoms with Gasteiger partial charge in [0.2, 0.25) is 0 Å². The van der Waals surface area contributed by atoms with Crippen LogP contribution in [0.15, 0.2) is 18.2 Å². The Hall–Kier alpha value is -1.71. The molecule has 0 spiro atoms. The van der Waals surface area contributed by atoms with Crippen LogP contribution in [0, 0.1) is 6.92 Å². The van der Waals surface area contributed by atoms with E-state index in [4.69, 9.17) is 9.47 Å². The maximum atomic E-state index is 12.1. The van der Waals surface area contributed by atoms with Gasteiger partial charge in [0.25, 0.3) is 0 Å². The van der Waals surface area contributed by atoms with Gasteiger partial charge in [-0.15, -0.1) is 0 Å². The van der Waals surface area contributed by atoms with Gasteiger partial charge in [-0.1, -0.05) is 12.1 Å². The summed E-state index contributed by atoms with van der Waals surface area (Å²) in [5, 5.41) is 0. The summed E-state index contributed by atoms with van der Waals surface area (Å²) < 4.78 is 11.0. The fraction of sp³-hybridized carbons (Fsp3) is 0.533. The van der Waals surface area contributed by atoms with E-state index in [-0.39, 0.29) is 12.1 Å². The number of hydrogen-bond donors (Lipinski definition) is 0. The number of hydrogen-bond acceptors (Lipinski definition) is 3. The van der Waals surface area contributed by atoms with Gasteiger partial charge in [-0.3, -0.25) is 0 Å². The molecule has 1 aliphatic rings. The second-order valence-corrected chi connectivity index (χ2v) is 5.96. The van der Waals surface area contributed by atoms with Crippen molar-refractivity contribution in [2.24, 2.45) is 0 Å². The molecule has 104 valence electrons. The molecule has 0 aliphatic carbocycles. The Morgan fingerprint density at radius 1 is 1.42 bits per heavy atom. The fourth-order valence-electron chi connectivity index (χ4n) is 2.08. The lowest BCUT2D eigenvalue weighted by Crippen LogP contribution is -2.37.